The maximum absolute atomic E-state index is 14.0. The number of fused-ring (bicyclic) bond motifs is 1. The molecule has 8 heteroatoms. The van der Waals surface area contributed by atoms with E-state index in [1.165, 1.54) is 25.1 Å². The highest BCUT2D eigenvalue weighted by molar-refractivity contribution is 6.08. The van der Waals surface area contributed by atoms with Crippen molar-refractivity contribution in [1.82, 2.24) is 4.98 Å². The number of nitrogens with one attached hydrogen (secondary N) is 1. The van der Waals surface area contributed by atoms with Crippen molar-refractivity contribution < 1.29 is 18.4 Å². The molecule has 166 valence electrons. The summed E-state index contributed by atoms with van der Waals surface area (Å²) in [5.74, 6) is -4.09. The van der Waals surface area contributed by atoms with E-state index < -0.39 is 17.7 Å². The number of aromatic nitrogens is 1. The molecule has 1 unspecified atom stereocenters. The minimum absolute atomic E-state index is 0.159. The first-order valence-corrected chi connectivity index (χ1v) is 10.2. The maximum Gasteiger partial charge on any atom is 0.273 e. The van der Waals surface area contributed by atoms with Gasteiger partial charge in [0.15, 0.2) is 0 Å². The molecule has 3 aromatic rings. The lowest BCUT2D eigenvalue weighted by atomic mass is 10.0. The molecule has 2 amide bonds. The molecule has 32 heavy (non-hydrogen) atoms. The van der Waals surface area contributed by atoms with Gasteiger partial charge in [0.05, 0.1) is 17.1 Å². The molecule has 0 spiro atoms. The predicted molar refractivity (Wildman–Crippen MR) is 122 cm³/mol. The number of hydrogen-bond donors (Lipinski definition) is 1. The first-order chi connectivity index (χ1) is 15.2. The molecule has 6 nitrogen and oxygen atoms in total. The largest absolute Gasteiger partial charge is 0.326 e. The fraction of sp³-hybridized carbons (Fsp3) is 0.250. The van der Waals surface area contributed by atoms with Crippen LogP contribution in [0.15, 0.2) is 65.9 Å². The van der Waals surface area contributed by atoms with Crippen molar-refractivity contribution in [3.63, 3.8) is 0 Å². The number of benzene rings is 2. The summed E-state index contributed by atoms with van der Waals surface area (Å²) >= 11 is 0. The van der Waals surface area contributed by atoms with E-state index in [2.05, 4.69) is 15.4 Å². The number of halogens is 2. The smallest absolute Gasteiger partial charge is 0.273 e. The summed E-state index contributed by atoms with van der Waals surface area (Å²) in [6.07, 6.45) is 1.87. The Kier molecular flexibility index (Phi) is 6.92. The molecular weight excluding hydrogens is 414 g/mol. The lowest BCUT2D eigenvalue weighted by molar-refractivity contribution is -0.117. The molecule has 3 rings (SSSR count). The van der Waals surface area contributed by atoms with Crippen molar-refractivity contribution in [3.8, 4) is 0 Å². The Bertz CT molecular complexity index is 1160. The molecule has 0 saturated heterocycles. The zero-order valence-corrected chi connectivity index (χ0v) is 18.0. The number of rotatable bonds is 8. The highest BCUT2D eigenvalue weighted by Crippen LogP contribution is 2.32. The van der Waals surface area contributed by atoms with E-state index in [1.54, 1.807) is 38.2 Å². The monoisotopic (exact) mass is 438 g/mol. The normalized spacial score (nSPS) is 13.0. The van der Waals surface area contributed by atoms with Gasteiger partial charge in [-0.05, 0) is 44.2 Å². The van der Waals surface area contributed by atoms with Crippen LogP contribution < -0.4 is 10.3 Å². The quantitative estimate of drug-likeness (QED) is 0.293. The van der Waals surface area contributed by atoms with Gasteiger partial charge in [-0.1, -0.05) is 31.2 Å². The third-order valence-corrected chi connectivity index (χ3v) is 5.24. The third kappa shape index (κ3) is 5.14. The van der Waals surface area contributed by atoms with Crippen molar-refractivity contribution in [2.24, 2.45) is 11.0 Å². The van der Waals surface area contributed by atoms with Crippen LogP contribution in [0.1, 0.15) is 32.8 Å². The van der Waals surface area contributed by atoms with Crippen LogP contribution in [0, 0.1) is 5.92 Å². The highest BCUT2D eigenvalue weighted by atomic mass is 19.3. The van der Waals surface area contributed by atoms with Crippen molar-refractivity contribution in [2.45, 2.75) is 33.1 Å². The number of nitrogens with zero attached hydrogens (tertiary/aromatic N) is 3. The van der Waals surface area contributed by atoms with Crippen molar-refractivity contribution in [3.05, 3.63) is 66.4 Å². The van der Waals surface area contributed by atoms with E-state index in [1.807, 2.05) is 18.2 Å². The van der Waals surface area contributed by atoms with Gasteiger partial charge in [-0.15, -0.1) is 0 Å². The van der Waals surface area contributed by atoms with E-state index in [4.69, 9.17) is 0 Å². The average Bonchev–Trinajstić information content (AvgIpc) is 2.81. The molecule has 1 heterocycles. The number of amides is 2. The van der Waals surface area contributed by atoms with Crippen LogP contribution in [0.5, 0.6) is 0 Å². The van der Waals surface area contributed by atoms with Crippen molar-refractivity contribution in [2.75, 3.05) is 10.3 Å². The molecular formula is C24H24F2N4O2. The van der Waals surface area contributed by atoms with E-state index >= 15 is 0 Å². The van der Waals surface area contributed by atoms with Crippen LogP contribution in [0.4, 0.5) is 20.2 Å². The number of alkyl halides is 2. The number of hydrazone groups is 1. The van der Waals surface area contributed by atoms with Crippen LogP contribution in [-0.2, 0) is 15.5 Å². The molecule has 0 radical (unpaired) electrons. The average molecular weight is 438 g/mol. The molecule has 1 N–H and O–H groups in total. The standard InChI is InChI=1S/C24H24F2N4O2/c1-4-24(25,26)19-8-5-9-20(13-19)28-23(32)16(2)17(3)29-30(15-31)21-11-10-18-7-6-12-27-22(18)14-21/h5-16H,4H2,1-3H3,(H,28,32)/b29-17-. The summed E-state index contributed by atoms with van der Waals surface area (Å²) in [5, 5.41) is 8.98. The van der Waals surface area contributed by atoms with Gasteiger partial charge in [0.2, 0.25) is 12.3 Å². The first kappa shape index (κ1) is 23.0. The number of pyridine rings is 1. The Morgan fingerprint density at radius 3 is 2.72 bits per heavy atom. The highest BCUT2D eigenvalue weighted by Gasteiger charge is 2.29. The number of hydrogen-bond acceptors (Lipinski definition) is 4. The molecule has 0 bridgehead atoms. The maximum atomic E-state index is 14.0. The zero-order chi connectivity index (χ0) is 23.3. The van der Waals surface area contributed by atoms with Crippen LogP contribution in [-0.4, -0.2) is 23.0 Å². The van der Waals surface area contributed by atoms with E-state index in [-0.39, 0.29) is 17.7 Å². The first-order valence-electron chi connectivity index (χ1n) is 10.2. The molecule has 1 aromatic heterocycles. The summed E-state index contributed by atoms with van der Waals surface area (Å²) in [4.78, 5) is 28.6. The van der Waals surface area contributed by atoms with Gasteiger partial charge in [-0.2, -0.15) is 5.10 Å². The van der Waals surface area contributed by atoms with Crippen LogP contribution in [0.25, 0.3) is 10.9 Å². The van der Waals surface area contributed by atoms with Crippen molar-refractivity contribution >= 4 is 40.3 Å². The molecule has 0 fully saturated rings. The summed E-state index contributed by atoms with van der Waals surface area (Å²) in [7, 11) is 0. The SMILES string of the molecule is CCC(F)(F)c1cccc(NC(=O)C(C)/C(C)=N\N(C=O)c2ccc3cccnc3c2)c1. The minimum atomic E-state index is -2.97. The topological polar surface area (TPSA) is 74.7 Å². The number of carbonyl (C=O) groups is 2. The molecule has 1 atom stereocenters. The summed E-state index contributed by atoms with van der Waals surface area (Å²) in [6.45, 7) is 4.66. The van der Waals surface area contributed by atoms with Gasteiger partial charge < -0.3 is 5.32 Å². The number of anilines is 2. The fourth-order valence-electron chi connectivity index (χ4n) is 3.06. The van der Waals surface area contributed by atoms with Crippen molar-refractivity contribution in [1.29, 1.82) is 0 Å². The molecule has 0 saturated carbocycles. The predicted octanol–water partition coefficient (Wildman–Crippen LogP) is 5.35. The second kappa shape index (κ2) is 9.64. The fourth-order valence-corrected chi connectivity index (χ4v) is 3.06. The lowest BCUT2D eigenvalue weighted by Crippen LogP contribution is -2.28. The minimum Gasteiger partial charge on any atom is -0.326 e. The van der Waals surface area contributed by atoms with Gasteiger partial charge in [0.1, 0.15) is 0 Å². The Balaban J connectivity index is 1.76. The molecule has 0 aliphatic heterocycles. The van der Waals surface area contributed by atoms with Crippen LogP contribution in [0.2, 0.25) is 0 Å². The molecule has 2 aromatic carbocycles. The summed E-state index contributed by atoms with van der Waals surface area (Å²) in [5.41, 5.74) is 1.71. The van der Waals surface area contributed by atoms with Gasteiger partial charge >= 0.3 is 0 Å². The summed E-state index contributed by atoms with van der Waals surface area (Å²) in [6, 6.07) is 14.6. The van der Waals surface area contributed by atoms with Crippen LogP contribution in [0.3, 0.4) is 0 Å². The Morgan fingerprint density at radius 1 is 1.22 bits per heavy atom. The van der Waals surface area contributed by atoms with E-state index in [9.17, 15) is 18.4 Å². The molecule has 0 aliphatic rings. The molecule has 0 aliphatic carbocycles. The Morgan fingerprint density at radius 2 is 2.00 bits per heavy atom. The second-order valence-electron chi connectivity index (χ2n) is 7.42. The van der Waals surface area contributed by atoms with Gasteiger partial charge in [-0.25, -0.2) is 13.8 Å². The Labute approximate surface area is 185 Å². The third-order valence-electron chi connectivity index (χ3n) is 5.24. The van der Waals surface area contributed by atoms with Gasteiger partial charge in [0, 0.05) is 35.0 Å². The van der Waals surface area contributed by atoms with Crippen LogP contribution >= 0.6 is 0 Å². The summed E-state index contributed by atoms with van der Waals surface area (Å²) < 4.78 is 27.9. The van der Waals surface area contributed by atoms with E-state index in [0.717, 1.165) is 10.4 Å². The Hall–Kier alpha value is -3.68. The second-order valence-corrected chi connectivity index (χ2v) is 7.42. The number of carbonyl (C=O) groups excluding carboxylic acids is 2. The lowest BCUT2D eigenvalue weighted by Gasteiger charge is -2.18. The van der Waals surface area contributed by atoms with E-state index in [0.29, 0.717) is 23.3 Å². The van der Waals surface area contributed by atoms with Gasteiger partial charge in [0.25, 0.3) is 5.92 Å². The zero-order valence-electron chi connectivity index (χ0n) is 18.0. The van der Waals surface area contributed by atoms with Gasteiger partial charge in [-0.3, -0.25) is 14.6 Å².